The number of carbonyl (C=O) groups excluding carboxylic acids is 2. The first-order valence-electron chi connectivity index (χ1n) is 16.6. The number of amides is 2. The van der Waals surface area contributed by atoms with Crippen molar-refractivity contribution in [2.45, 2.75) is 43.7 Å². The number of aryl methyl sites for hydroxylation is 1. The van der Waals surface area contributed by atoms with Crippen LogP contribution in [-0.2, 0) is 21.4 Å². The van der Waals surface area contributed by atoms with Gasteiger partial charge in [-0.1, -0.05) is 52.6 Å². The van der Waals surface area contributed by atoms with Crippen molar-refractivity contribution in [3.63, 3.8) is 0 Å². The lowest BCUT2D eigenvalue weighted by Crippen LogP contribution is -2.46. The van der Waals surface area contributed by atoms with Crippen LogP contribution in [0.3, 0.4) is 0 Å². The number of ether oxygens (including phenoxy) is 1. The molecule has 1 aliphatic rings. The molecule has 0 aliphatic carbocycles. The number of sulfonamides is 1. The fraction of sp³-hybridized carbons (Fsp3) is 0.250. The molecule has 53 heavy (non-hydrogen) atoms. The topological polar surface area (TPSA) is 194 Å². The van der Waals surface area contributed by atoms with Gasteiger partial charge >= 0.3 is 0 Å². The number of para-hydroxylation sites is 1. The third kappa shape index (κ3) is 8.08. The fourth-order valence-electron chi connectivity index (χ4n) is 6.11. The summed E-state index contributed by atoms with van der Waals surface area (Å²) >= 11 is 13.3. The van der Waals surface area contributed by atoms with E-state index < -0.39 is 22.0 Å². The van der Waals surface area contributed by atoms with Crippen LogP contribution in [0, 0.1) is 6.92 Å². The van der Waals surface area contributed by atoms with Gasteiger partial charge in [0.05, 0.1) is 17.0 Å². The second kappa shape index (κ2) is 16.2. The van der Waals surface area contributed by atoms with Crippen LogP contribution < -0.4 is 21.1 Å². The Bertz CT molecular complexity index is 2290. The van der Waals surface area contributed by atoms with Gasteiger partial charge in [-0.15, -0.1) is 0 Å². The SMILES string of the molecule is Cc1cc(-n2ccnc2)c2cccc(OCc3c(Cl)ccc(S(=O)(=O)N4CCC[C@H]4C(=O)NCCCNC(=O)c4ccc(/C(N)=N\O)cc4)c3Cl)c2n1. The summed E-state index contributed by atoms with van der Waals surface area (Å²) in [7, 11) is -4.22. The van der Waals surface area contributed by atoms with E-state index in [1.165, 1.54) is 12.1 Å². The summed E-state index contributed by atoms with van der Waals surface area (Å²) in [6.07, 6.45) is 6.44. The van der Waals surface area contributed by atoms with E-state index >= 15 is 0 Å². The second-order valence-corrected chi connectivity index (χ2v) is 14.9. The van der Waals surface area contributed by atoms with Crippen molar-refractivity contribution >= 4 is 61.8 Å². The van der Waals surface area contributed by atoms with Gasteiger partial charge in [-0.2, -0.15) is 4.31 Å². The number of carbonyl (C=O) groups is 2. The minimum atomic E-state index is -4.22. The lowest BCUT2D eigenvalue weighted by atomic mass is 10.1. The molecule has 1 aliphatic heterocycles. The van der Waals surface area contributed by atoms with Crippen molar-refractivity contribution in [3.05, 3.63) is 112 Å². The molecule has 5 aromatic rings. The molecule has 17 heteroatoms. The number of hydrogen-bond acceptors (Lipinski definition) is 9. The maximum Gasteiger partial charge on any atom is 0.251 e. The number of rotatable bonds is 13. The van der Waals surface area contributed by atoms with Crippen LogP contribution in [0.1, 0.15) is 46.4 Å². The first-order valence-corrected chi connectivity index (χ1v) is 18.8. The van der Waals surface area contributed by atoms with Crippen LogP contribution in [0.2, 0.25) is 10.0 Å². The van der Waals surface area contributed by atoms with E-state index in [-0.39, 0.29) is 58.5 Å². The van der Waals surface area contributed by atoms with E-state index in [4.69, 9.17) is 43.9 Å². The van der Waals surface area contributed by atoms with Crippen LogP contribution in [0.25, 0.3) is 16.6 Å². The van der Waals surface area contributed by atoms with Crippen molar-refractivity contribution < 1.29 is 28.0 Å². The summed E-state index contributed by atoms with van der Waals surface area (Å²) in [4.78, 5) is 34.4. The maximum atomic E-state index is 14.0. The van der Waals surface area contributed by atoms with Gasteiger partial charge in [0.15, 0.2) is 5.84 Å². The van der Waals surface area contributed by atoms with E-state index in [9.17, 15) is 18.0 Å². The number of benzene rings is 3. The summed E-state index contributed by atoms with van der Waals surface area (Å²) in [5.74, 6) is -0.390. The van der Waals surface area contributed by atoms with Crippen molar-refractivity contribution in [3.8, 4) is 11.4 Å². The minimum Gasteiger partial charge on any atom is -0.487 e. The molecule has 0 unspecified atom stereocenters. The Balaban J connectivity index is 1.09. The Labute approximate surface area is 315 Å². The van der Waals surface area contributed by atoms with Gasteiger partial charge in [0.1, 0.15) is 28.8 Å². The summed E-state index contributed by atoms with van der Waals surface area (Å²) in [6, 6.07) is 15.5. The first kappa shape index (κ1) is 37.5. The molecule has 0 saturated carbocycles. The molecular weight excluding hydrogens is 743 g/mol. The van der Waals surface area contributed by atoms with Gasteiger partial charge in [-0.05, 0) is 62.6 Å². The molecule has 2 amide bonds. The summed E-state index contributed by atoms with van der Waals surface area (Å²) in [5, 5.41) is 18.2. The summed E-state index contributed by atoms with van der Waals surface area (Å²) in [6.45, 7) is 2.34. The summed E-state index contributed by atoms with van der Waals surface area (Å²) < 4.78 is 37.3. The zero-order chi connectivity index (χ0) is 37.7. The molecule has 14 nitrogen and oxygen atoms in total. The average molecular weight is 780 g/mol. The number of nitrogens with one attached hydrogen (secondary N) is 2. The number of fused-ring (bicyclic) bond motifs is 1. The zero-order valence-corrected chi connectivity index (χ0v) is 30.8. The first-order chi connectivity index (χ1) is 25.5. The molecule has 0 radical (unpaired) electrons. The quantitative estimate of drug-likeness (QED) is 0.0427. The number of oxime groups is 1. The van der Waals surface area contributed by atoms with Crippen LogP contribution in [0.5, 0.6) is 5.75 Å². The van der Waals surface area contributed by atoms with Crippen LogP contribution >= 0.6 is 23.2 Å². The molecule has 1 atom stereocenters. The van der Waals surface area contributed by atoms with Gasteiger partial charge in [-0.3, -0.25) is 9.59 Å². The van der Waals surface area contributed by atoms with E-state index in [2.05, 4.69) is 20.8 Å². The number of amidine groups is 1. The van der Waals surface area contributed by atoms with Gasteiger partial charge in [-0.25, -0.2) is 18.4 Å². The molecule has 6 rings (SSSR count). The zero-order valence-electron chi connectivity index (χ0n) is 28.5. The standard InChI is InChI=1S/C36H36Cl2N8O6S/c1-22-19-29(45-18-16-40-21-45)25-5-2-7-30(33(25)43-22)52-20-26-27(37)12-13-31(32(26)38)53(50,51)46-17-3-6-28(46)36(48)42-15-4-14-41-35(47)24-10-8-23(9-11-24)34(39)44-49/h2,5,7-13,16,18-19,21,28,49H,3-4,6,14-15,17,20H2,1H3,(H2,39,44)(H,41,47)(H,42,48)/t28-/m0/s1. The third-order valence-corrected chi connectivity index (χ3v) is 11.6. The highest BCUT2D eigenvalue weighted by molar-refractivity contribution is 7.89. The molecule has 3 aromatic carbocycles. The molecule has 0 spiro atoms. The summed E-state index contributed by atoms with van der Waals surface area (Å²) in [5.41, 5.74) is 8.91. The van der Waals surface area contributed by atoms with Crippen molar-refractivity contribution in [2.24, 2.45) is 10.9 Å². The van der Waals surface area contributed by atoms with Crippen molar-refractivity contribution in [2.75, 3.05) is 19.6 Å². The lowest BCUT2D eigenvalue weighted by molar-refractivity contribution is -0.124. The molecule has 3 heterocycles. The Kier molecular flexibility index (Phi) is 11.5. The highest BCUT2D eigenvalue weighted by Gasteiger charge is 2.40. The molecule has 2 aromatic heterocycles. The van der Waals surface area contributed by atoms with Crippen LogP contribution in [0.4, 0.5) is 0 Å². The Hall–Kier alpha value is -5.22. The number of halogens is 2. The maximum absolute atomic E-state index is 14.0. The van der Waals surface area contributed by atoms with E-state index in [1.807, 2.05) is 35.9 Å². The lowest BCUT2D eigenvalue weighted by Gasteiger charge is -2.24. The third-order valence-electron chi connectivity index (χ3n) is 8.80. The number of nitrogens with zero attached hydrogens (tertiary/aromatic N) is 5. The molecule has 0 bridgehead atoms. The molecule has 5 N–H and O–H groups in total. The molecule has 1 saturated heterocycles. The second-order valence-electron chi connectivity index (χ2n) is 12.3. The highest BCUT2D eigenvalue weighted by Crippen LogP contribution is 2.37. The number of nitrogens with two attached hydrogens (primary N) is 1. The average Bonchev–Trinajstić information content (AvgIpc) is 3.88. The molecule has 1 fully saturated rings. The van der Waals surface area contributed by atoms with Gasteiger partial charge in [0, 0.05) is 64.8 Å². The van der Waals surface area contributed by atoms with E-state index in [1.54, 1.807) is 42.9 Å². The Morgan fingerprint density at radius 2 is 1.83 bits per heavy atom. The normalized spacial score (nSPS) is 15.1. The van der Waals surface area contributed by atoms with Gasteiger partial charge < -0.3 is 30.9 Å². The van der Waals surface area contributed by atoms with Gasteiger partial charge in [0.25, 0.3) is 5.91 Å². The van der Waals surface area contributed by atoms with E-state index in [0.29, 0.717) is 41.7 Å². The van der Waals surface area contributed by atoms with Crippen LogP contribution in [0.15, 0.2) is 89.4 Å². The number of pyridine rings is 1. The number of aromatic nitrogens is 3. The largest absolute Gasteiger partial charge is 0.487 e. The minimum absolute atomic E-state index is 0.0702. The Morgan fingerprint density at radius 3 is 2.57 bits per heavy atom. The van der Waals surface area contributed by atoms with Crippen LogP contribution in [-0.4, -0.2) is 75.8 Å². The Morgan fingerprint density at radius 1 is 1.08 bits per heavy atom. The highest BCUT2D eigenvalue weighted by atomic mass is 35.5. The fourth-order valence-corrected chi connectivity index (χ4v) is 8.63. The van der Waals surface area contributed by atoms with Gasteiger partial charge in [0.2, 0.25) is 15.9 Å². The molecule has 276 valence electrons. The number of imidazole rings is 1. The monoisotopic (exact) mass is 778 g/mol. The smallest absolute Gasteiger partial charge is 0.251 e. The van der Waals surface area contributed by atoms with Crippen molar-refractivity contribution in [1.82, 2.24) is 29.5 Å². The molecular formula is C36H36Cl2N8O6S. The van der Waals surface area contributed by atoms with Crippen molar-refractivity contribution in [1.29, 1.82) is 0 Å². The number of hydrogen-bond donors (Lipinski definition) is 4. The predicted octanol–water partition coefficient (Wildman–Crippen LogP) is 4.80. The predicted molar refractivity (Wildman–Crippen MR) is 200 cm³/mol. The van der Waals surface area contributed by atoms with E-state index in [0.717, 1.165) is 21.1 Å².